The van der Waals surface area contributed by atoms with Crippen LogP contribution in [0.25, 0.3) is 0 Å². The zero-order valence-electron chi connectivity index (χ0n) is 8.59. The number of rotatable bonds is 5. The molecule has 0 radical (unpaired) electrons. The van der Waals surface area contributed by atoms with Crippen molar-refractivity contribution in [2.45, 2.75) is 26.4 Å². The van der Waals surface area contributed by atoms with E-state index in [1.165, 1.54) is 0 Å². The SMILES string of the molecule is CCCCOc1c(F)cc(F)cc1CO. The summed E-state index contributed by atoms with van der Waals surface area (Å²) in [7, 11) is 0. The summed E-state index contributed by atoms with van der Waals surface area (Å²) in [4.78, 5) is 0. The van der Waals surface area contributed by atoms with Crippen LogP contribution < -0.4 is 4.74 Å². The van der Waals surface area contributed by atoms with Crippen molar-refractivity contribution in [2.75, 3.05) is 6.61 Å². The molecule has 0 aliphatic heterocycles. The van der Waals surface area contributed by atoms with Crippen molar-refractivity contribution in [1.29, 1.82) is 0 Å². The van der Waals surface area contributed by atoms with Gasteiger partial charge < -0.3 is 9.84 Å². The molecular weight excluding hydrogens is 202 g/mol. The van der Waals surface area contributed by atoms with Gasteiger partial charge in [0.05, 0.1) is 13.2 Å². The van der Waals surface area contributed by atoms with E-state index in [-0.39, 0.29) is 11.3 Å². The highest BCUT2D eigenvalue weighted by molar-refractivity contribution is 5.35. The van der Waals surface area contributed by atoms with Gasteiger partial charge in [0, 0.05) is 11.6 Å². The van der Waals surface area contributed by atoms with E-state index in [1.807, 2.05) is 6.92 Å². The Kier molecular flexibility index (Phi) is 4.49. The summed E-state index contributed by atoms with van der Waals surface area (Å²) in [5, 5.41) is 8.91. The molecule has 84 valence electrons. The molecule has 1 aromatic carbocycles. The first kappa shape index (κ1) is 11.9. The second kappa shape index (κ2) is 5.66. The maximum absolute atomic E-state index is 13.2. The molecule has 0 aromatic heterocycles. The lowest BCUT2D eigenvalue weighted by atomic mass is 10.2. The van der Waals surface area contributed by atoms with Gasteiger partial charge >= 0.3 is 0 Å². The molecule has 1 rings (SSSR count). The van der Waals surface area contributed by atoms with E-state index in [4.69, 9.17) is 9.84 Å². The molecule has 0 saturated heterocycles. The smallest absolute Gasteiger partial charge is 0.168 e. The lowest BCUT2D eigenvalue weighted by molar-refractivity contribution is 0.252. The van der Waals surface area contributed by atoms with Crippen LogP contribution >= 0.6 is 0 Å². The molecule has 1 N–H and O–H groups in total. The Labute approximate surface area is 87.5 Å². The van der Waals surface area contributed by atoms with Crippen LogP contribution in [0.4, 0.5) is 8.78 Å². The highest BCUT2D eigenvalue weighted by Gasteiger charge is 2.11. The van der Waals surface area contributed by atoms with Gasteiger partial charge in [0.1, 0.15) is 5.82 Å². The predicted octanol–water partition coefficient (Wildman–Crippen LogP) is 2.64. The van der Waals surface area contributed by atoms with Crippen LogP contribution in [0.3, 0.4) is 0 Å². The fourth-order valence-corrected chi connectivity index (χ4v) is 1.21. The number of unbranched alkanes of at least 4 members (excludes halogenated alkanes) is 1. The third kappa shape index (κ3) is 3.16. The average Bonchev–Trinajstić information content (AvgIpc) is 2.20. The molecule has 0 aliphatic rings. The zero-order chi connectivity index (χ0) is 11.3. The van der Waals surface area contributed by atoms with Gasteiger partial charge in [-0.25, -0.2) is 8.78 Å². The minimum Gasteiger partial charge on any atom is -0.490 e. The summed E-state index contributed by atoms with van der Waals surface area (Å²) in [6.45, 7) is 1.92. The molecule has 0 amide bonds. The summed E-state index contributed by atoms with van der Waals surface area (Å²) in [6, 6.07) is 1.82. The first-order chi connectivity index (χ1) is 7.19. The number of aliphatic hydroxyl groups is 1. The monoisotopic (exact) mass is 216 g/mol. The first-order valence-electron chi connectivity index (χ1n) is 4.90. The van der Waals surface area contributed by atoms with Crippen molar-refractivity contribution in [1.82, 2.24) is 0 Å². The Morgan fingerprint density at radius 3 is 2.67 bits per heavy atom. The van der Waals surface area contributed by atoms with Crippen molar-refractivity contribution in [2.24, 2.45) is 0 Å². The predicted molar refractivity (Wildman–Crippen MR) is 52.7 cm³/mol. The van der Waals surface area contributed by atoms with Gasteiger partial charge in [-0.2, -0.15) is 0 Å². The highest BCUT2D eigenvalue weighted by Crippen LogP contribution is 2.24. The molecule has 0 unspecified atom stereocenters. The van der Waals surface area contributed by atoms with Crippen LogP contribution in [0.2, 0.25) is 0 Å². The van der Waals surface area contributed by atoms with Crippen LogP contribution in [-0.4, -0.2) is 11.7 Å². The minimum absolute atomic E-state index is 0.0487. The summed E-state index contributed by atoms with van der Waals surface area (Å²) < 4.78 is 31.2. The molecule has 0 aliphatic carbocycles. The van der Waals surface area contributed by atoms with Crippen LogP contribution in [0.1, 0.15) is 25.3 Å². The van der Waals surface area contributed by atoms with Crippen molar-refractivity contribution < 1.29 is 18.6 Å². The first-order valence-corrected chi connectivity index (χ1v) is 4.90. The van der Waals surface area contributed by atoms with Crippen molar-refractivity contribution in [3.63, 3.8) is 0 Å². The number of benzene rings is 1. The lowest BCUT2D eigenvalue weighted by Gasteiger charge is -2.10. The van der Waals surface area contributed by atoms with E-state index < -0.39 is 18.2 Å². The van der Waals surface area contributed by atoms with Crippen molar-refractivity contribution >= 4 is 0 Å². The average molecular weight is 216 g/mol. The number of halogens is 2. The molecule has 4 heteroatoms. The van der Waals surface area contributed by atoms with E-state index in [9.17, 15) is 8.78 Å². The summed E-state index contributed by atoms with van der Waals surface area (Å²) in [5.41, 5.74) is 0.142. The molecule has 2 nitrogen and oxygen atoms in total. The van der Waals surface area contributed by atoms with Gasteiger partial charge in [-0.05, 0) is 12.5 Å². The molecule has 0 saturated carbocycles. The van der Waals surface area contributed by atoms with Crippen LogP contribution in [0.15, 0.2) is 12.1 Å². The third-order valence-electron chi connectivity index (χ3n) is 2.00. The van der Waals surface area contributed by atoms with E-state index in [0.717, 1.165) is 25.0 Å². The maximum Gasteiger partial charge on any atom is 0.168 e. The zero-order valence-corrected chi connectivity index (χ0v) is 8.59. The largest absolute Gasteiger partial charge is 0.490 e. The number of aliphatic hydroxyl groups excluding tert-OH is 1. The van der Waals surface area contributed by atoms with Gasteiger partial charge in [0.25, 0.3) is 0 Å². The summed E-state index contributed by atoms with van der Waals surface area (Å²) >= 11 is 0. The third-order valence-corrected chi connectivity index (χ3v) is 2.00. The molecule has 0 heterocycles. The van der Waals surface area contributed by atoms with Crippen molar-refractivity contribution in [3.05, 3.63) is 29.3 Å². The van der Waals surface area contributed by atoms with Gasteiger partial charge in [-0.1, -0.05) is 13.3 Å². The number of ether oxygens (including phenoxy) is 1. The highest BCUT2D eigenvalue weighted by atomic mass is 19.1. The number of hydrogen-bond donors (Lipinski definition) is 1. The van der Waals surface area contributed by atoms with Crippen molar-refractivity contribution in [3.8, 4) is 5.75 Å². The van der Waals surface area contributed by atoms with E-state index >= 15 is 0 Å². The van der Waals surface area contributed by atoms with E-state index in [1.54, 1.807) is 0 Å². The van der Waals surface area contributed by atoms with Crippen LogP contribution in [0, 0.1) is 11.6 Å². The lowest BCUT2D eigenvalue weighted by Crippen LogP contribution is -2.03. The van der Waals surface area contributed by atoms with Gasteiger partial charge in [-0.3, -0.25) is 0 Å². The quantitative estimate of drug-likeness (QED) is 0.767. The molecular formula is C11H14F2O2. The molecule has 0 bridgehead atoms. The van der Waals surface area contributed by atoms with Gasteiger partial charge in [0.15, 0.2) is 11.6 Å². The van der Waals surface area contributed by atoms with Gasteiger partial charge in [0.2, 0.25) is 0 Å². The van der Waals surface area contributed by atoms with E-state index in [2.05, 4.69) is 0 Å². The Morgan fingerprint density at radius 2 is 2.07 bits per heavy atom. The van der Waals surface area contributed by atoms with Crippen LogP contribution in [0.5, 0.6) is 5.75 Å². The second-order valence-electron chi connectivity index (χ2n) is 3.24. The van der Waals surface area contributed by atoms with E-state index in [0.29, 0.717) is 6.61 Å². The minimum atomic E-state index is -0.768. The summed E-state index contributed by atoms with van der Waals surface area (Å²) in [5.74, 6) is -1.53. The normalized spacial score (nSPS) is 10.4. The molecule has 0 fully saturated rings. The standard InChI is InChI=1S/C11H14F2O2/c1-2-3-4-15-11-8(7-14)5-9(12)6-10(11)13/h5-6,14H,2-4,7H2,1H3. The maximum atomic E-state index is 13.2. The number of hydrogen-bond acceptors (Lipinski definition) is 2. The van der Waals surface area contributed by atoms with Gasteiger partial charge in [-0.15, -0.1) is 0 Å². The fourth-order valence-electron chi connectivity index (χ4n) is 1.21. The Hall–Kier alpha value is -1.16. The topological polar surface area (TPSA) is 29.5 Å². The Morgan fingerprint density at radius 1 is 1.33 bits per heavy atom. The molecule has 1 aromatic rings. The Balaban J connectivity index is 2.84. The van der Waals surface area contributed by atoms with Crippen LogP contribution in [-0.2, 0) is 6.61 Å². The summed E-state index contributed by atoms with van der Waals surface area (Å²) in [6.07, 6.45) is 1.72. The molecule has 0 spiro atoms. The molecule has 0 atom stereocenters. The Bertz CT molecular complexity index is 327. The fraction of sp³-hybridized carbons (Fsp3) is 0.455. The molecule has 15 heavy (non-hydrogen) atoms. The second-order valence-corrected chi connectivity index (χ2v) is 3.24.